The van der Waals surface area contributed by atoms with Crippen molar-refractivity contribution in [3.8, 4) is 11.3 Å². The van der Waals surface area contributed by atoms with E-state index in [1.807, 2.05) is 12.1 Å². The van der Waals surface area contributed by atoms with Crippen molar-refractivity contribution < 1.29 is 18.4 Å². The van der Waals surface area contributed by atoms with E-state index in [0.717, 1.165) is 12.0 Å². The summed E-state index contributed by atoms with van der Waals surface area (Å²) >= 11 is 0. The molecule has 2 amide bonds. The highest BCUT2D eigenvalue weighted by atomic mass is 16.4. The van der Waals surface area contributed by atoms with Crippen LogP contribution in [-0.2, 0) is 29.0 Å². The maximum Gasteiger partial charge on any atom is 0.239 e. The number of aromatic nitrogens is 1. The topological polar surface area (TPSA) is 97.4 Å². The minimum Gasteiger partial charge on any atom is -0.467 e. The number of benzene rings is 1. The lowest BCUT2D eigenvalue weighted by Gasteiger charge is -2.05. The average Bonchev–Trinajstić information content (AvgIpc) is 3.41. The van der Waals surface area contributed by atoms with E-state index in [-0.39, 0.29) is 24.8 Å². The number of furan rings is 1. The van der Waals surface area contributed by atoms with Gasteiger partial charge in [0.05, 0.1) is 25.5 Å². The minimum atomic E-state index is -0.279. The molecule has 1 aromatic carbocycles. The summed E-state index contributed by atoms with van der Waals surface area (Å²) in [4.78, 5) is 28.0. The second-order valence-corrected chi connectivity index (χ2v) is 7.55. The highest BCUT2D eigenvalue weighted by molar-refractivity contribution is 5.84. The molecule has 0 saturated carbocycles. The van der Waals surface area contributed by atoms with Crippen LogP contribution in [-0.4, -0.2) is 23.3 Å². The molecule has 30 heavy (non-hydrogen) atoms. The second-order valence-electron chi connectivity index (χ2n) is 7.55. The van der Waals surface area contributed by atoms with E-state index in [4.69, 9.17) is 8.83 Å². The molecule has 3 rings (SSSR count). The number of hydrogen-bond acceptors (Lipinski definition) is 5. The molecule has 158 valence electrons. The zero-order chi connectivity index (χ0) is 21.3. The first-order valence-electron chi connectivity index (χ1n) is 10.1. The van der Waals surface area contributed by atoms with Crippen LogP contribution in [0.2, 0.25) is 0 Å². The Morgan fingerprint density at radius 2 is 1.87 bits per heavy atom. The van der Waals surface area contributed by atoms with Crippen LogP contribution in [0.5, 0.6) is 0 Å². The predicted octanol–water partition coefficient (Wildman–Crippen LogP) is 3.50. The van der Waals surface area contributed by atoms with Crippen LogP contribution in [0.15, 0.2) is 57.7 Å². The van der Waals surface area contributed by atoms with E-state index in [0.29, 0.717) is 36.3 Å². The van der Waals surface area contributed by atoms with E-state index in [2.05, 4.69) is 41.6 Å². The van der Waals surface area contributed by atoms with Crippen LogP contribution in [0, 0.1) is 5.92 Å². The van der Waals surface area contributed by atoms with Gasteiger partial charge in [-0.05, 0) is 30.0 Å². The number of nitrogens with zero attached hydrogens (tertiary/aromatic N) is 1. The van der Waals surface area contributed by atoms with Gasteiger partial charge in [-0.15, -0.1) is 0 Å². The summed E-state index contributed by atoms with van der Waals surface area (Å²) in [6.45, 7) is 4.60. The number of oxazole rings is 1. The summed E-state index contributed by atoms with van der Waals surface area (Å²) in [5.74, 6) is 1.93. The maximum absolute atomic E-state index is 12.0. The number of aryl methyl sites for hydroxylation is 1. The molecule has 0 unspecified atom stereocenters. The van der Waals surface area contributed by atoms with Crippen molar-refractivity contribution in [1.82, 2.24) is 15.6 Å². The van der Waals surface area contributed by atoms with Gasteiger partial charge >= 0.3 is 0 Å². The molecule has 3 aromatic rings. The molecule has 7 nitrogen and oxygen atoms in total. The molecule has 7 heteroatoms. The molecule has 0 atom stereocenters. The number of rotatable bonds is 10. The molecule has 0 aliphatic heterocycles. The van der Waals surface area contributed by atoms with E-state index in [9.17, 15) is 9.59 Å². The third kappa shape index (κ3) is 6.62. The van der Waals surface area contributed by atoms with Crippen LogP contribution < -0.4 is 10.6 Å². The molecule has 2 aromatic heterocycles. The highest BCUT2D eigenvalue weighted by Crippen LogP contribution is 2.22. The number of nitrogens with one attached hydrogen (secondary N) is 2. The Kier molecular flexibility index (Phi) is 7.43. The van der Waals surface area contributed by atoms with Crippen LogP contribution in [0.3, 0.4) is 0 Å². The van der Waals surface area contributed by atoms with Crippen molar-refractivity contribution in [2.75, 3.05) is 6.54 Å². The van der Waals surface area contributed by atoms with Gasteiger partial charge in [-0.1, -0.05) is 38.1 Å². The third-order valence-corrected chi connectivity index (χ3v) is 4.49. The van der Waals surface area contributed by atoms with Gasteiger partial charge in [-0.2, -0.15) is 0 Å². The molecular weight excluding hydrogens is 382 g/mol. The van der Waals surface area contributed by atoms with Crippen molar-refractivity contribution in [2.45, 2.75) is 39.7 Å². The van der Waals surface area contributed by atoms with E-state index in [1.54, 1.807) is 24.6 Å². The molecule has 0 spiro atoms. The molecule has 0 saturated heterocycles. The maximum atomic E-state index is 12.0. The summed E-state index contributed by atoms with van der Waals surface area (Å²) in [7, 11) is 0. The van der Waals surface area contributed by atoms with Gasteiger partial charge in [0.25, 0.3) is 0 Å². The summed E-state index contributed by atoms with van der Waals surface area (Å²) in [5, 5.41) is 5.26. The summed E-state index contributed by atoms with van der Waals surface area (Å²) in [6, 6.07) is 11.8. The van der Waals surface area contributed by atoms with Gasteiger partial charge in [0.15, 0.2) is 11.7 Å². The third-order valence-electron chi connectivity index (χ3n) is 4.49. The summed E-state index contributed by atoms with van der Waals surface area (Å²) in [5.41, 5.74) is 2.25. The fourth-order valence-corrected chi connectivity index (χ4v) is 2.98. The Hall–Kier alpha value is -3.35. The lowest BCUT2D eigenvalue weighted by Crippen LogP contribution is -2.36. The monoisotopic (exact) mass is 409 g/mol. The lowest BCUT2D eigenvalue weighted by atomic mass is 10.0. The van der Waals surface area contributed by atoms with Crippen molar-refractivity contribution in [1.29, 1.82) is 0 Å². The van der Waals surface area contributed by atoms with Gasteiger partial charge in [-0.3, -0.25) is 9.59 Å². The molecular formula is C23H27N3O4. The van der Waals surface area contributed by atoms with Crippen molar-refractivity contribution in [3.05, 3.63) is 66.1 Å². The fraction of sp³-hybridized carbons (Fsp3) is 0.348. The first-order chi connectivity index (χ1) is 14.5. The first-order valence-corrected chi connectivity index (χ1v) is 10.1. The molecule has 0 bridgehead atoms. The van der Waals surface area contributed by atoms with Gasteiger partial charge in [-0.25, -0.2) is 4.98 Å². The Morgan fingerprint density at radius 1 is 1.07 bits per heavy atom. The van der Waals surface area contributed by atoms with E-state index < -0.39 is 0 Å². The number of hydrogen-bond donors (Lipinski definition) is 2. The normalized spacial score (nSPS) is 10.9. The second kappa shape index (κ2) is 10.4. The van der Waals surface area contributed by atoms with Gasteiger partial charge in [0, 0.05) is 18.4 Å². The van der Waals surface area contributed by atoms with Gasteiger partial charge < -0.3 is 19.5 Å². The Morgan fingerprint density at radius 3 is 2.57 bits per heavy atom. The zero-order valence-corrected chi connectivity index (χ0v) is 17.3. The van der Waals surface area contributed by atoms with Crippen molar-refractivity contribution in [2.24, 2.45) is 5.92 Å². The van der Waals surface area contributed by atoms with Gasteiger partial charge in [0.2, 0.25) is 11.8 Å². The highest BCUT2D eigenvalue weighted by Gasteiger charge is 2.11. The SMILES string of the molecule is CC(C)Cc1ccc(-c2cnc(CCC(=O)NCC(=O)NCc3ccco3)o2)cc1. The minimum absolute atomic E-state index is 0.0842. The number of carbonyl (C=O) groups is 2. The number of amides is 2. The molecule has 2 heterocycles. The number of carbonyl (C=O) groups excluding carboxylic acids is 2. The van der Waals surface area contributed by atoms with Crippen LogP contribution in [0.25, 0.3) is 11.3 Å². The van der Waals surface area contributed by atoms with E-state index in [1.165, 1.54) is 5.56 Å². The molecule has 0 radical (unpaired) electrons. The Labute approximate surface area is 175 Å². The standard InChI is InChI=1S/C23H27N3O4/c1-16(2)12-17-5-7-18(8-6-17)20-14-26-23(30-20)10-9-21(27)25-15-22(28)24-13-19-4-3-11-29-19/h3-8,11,14,16H,9-10,12-13,15H2,1-2H3,(H,24,28)(H,25,27). The Bertz CT molecular complexity index is 943. The van der Waals surface area contributed by atoms with Crippen LogP contribution >= 0.6 is 0 Å². The fourth-order valence-electron chi connectivity index (χ4n) is 2.98. The van der Waals surface area contributed by atoms with Crippen molar-refractivity contribution in [3.63, 3.8) is 0 Å². The van der Waals surface area contributed by atoms with Crippen LogP contribution in [0.1, 0.15) is 37.5 Å². The van der Waals surface area contributed by atoms with E-state index >= 15 is 0 Å². The van der Waals surface area contributed by atoms with Crippen LogP contribution in [0.4, 0.5) is 0 Å². The predicted molar refractivity (Wildman–Crippen MR) is 112 cm³/mol. The quantitative estimate of drug-likeness (QED) is 0.534. The molecule has 0 aliphatic carbocycles. The summed E-state index contributed by atoms with van der Waals surface area (Å²) in [6.07, 6.45) is 4.81. The molecule has 2 N–H and O–H groups in total. The molecule has 0 fully saturated rings. The van der Waals surface area contributed by atoms with Gasteiger partial charge in [0.1, 0.15) is 5.76 Å². The molecule has 0 aliphatic rings. The lowest BCUT2D eigenvalue weighted by molar-refractivity contribution is -0.126. The van der Waals surface area contributed by atoms with Crippen molar-refractivity contribution >= 4 is 11.8 Å². The average molecular weight is 409 g/mol. The Balaban J connectivity index is 1.40. The smallest absolute Gasteiger partial charge is 0.239 e. The zero-order valence-electron chi connectivity index (χ0n) is 17.3. The largest absolute Gasteiger partial charge is 0.467 e. The first kappa shape index (κ1) is 21.4. The summed E-state index contributed by atoms with van der Waals surface area (Å²) < 4.78 is 10.9.